The van der Waals surface area contributed by atoms with Crippen LogP contribution in [0.15, 0.2) is 18.2 Å². The van der Waals surface area contributed by atoms with Crippen LogP contribution in [0.5, 0.6) is 5.75 Å². The van der Waals surface area contributed by atoms with Crippen LogP contribution in [0.1, 0.15) is 44.4 Å². The first-order chi connectivity index (χ1) is 8.97. The lowest BCUT2D eigenvalue weighted by Gasteiger charge is -2.24. The molecule has 3 nitrogen and oxygen atoms in total. The molecule has 0 aliphatic heterocycles. The maximum Gasteiger partial charge on any atom is 0.123 e. The first-order valence-electron chi connectivity index (χ1n) is 6.99. The van der Waals surface area contributed by atoms with Gasteiger partial charge in [0.1, 0.15) is 5.75 Å². The second kappa shape index (κ2) is 7.51. The highest BCUT2D eigenvalue weighted by Crippen LogP contribution is 2.26. The molecule has 0 bridgehead atoms. The highest BCUT2D eigenvalue weighted by molar-refractivity contribution is 5.39. The van der Waals surface area contributed by atoms with E-state index in [2.05, 4.69) is 45.1 Å². The molecule has 0 radical (unpaired) electrons. The lowest BCUT2D eigenvalue weighted by Crippen LogP contribution is -2.35. The van der Waals surface area contributed by atoms with Gasteiger partial charge in [-0.1, -0.05) is 26.0 Å². The Morgan fingerprint density at radius 2 is 1.95 bits per heavy atom. The number of hydrogen-bond acceptors (Lipinski definition) is 3. The molecular weight excluding hydrogens is 238 g/mol. The SMILES string of the molecule is COc1cc(C)ccc1C(C)NC(CO)CC(C)C. The van der Waals surface area contributed by atoms with E-state index >= 15 is 0 Å². The fourth-order valence-electron chi connectivity index (χ4n) is 2.38. The number of aryl methyl sites for hydroxylation is 1. The average Bonchev–Trinajstić information content (AvgIpc) is 2.36. The van der Waals surface area contributed by atoms with Crippen molar-refractivity contribution in [2.24, 2.45) is 5.92 Å². The highest BCUT2D eigenvalue weighted by atomic mass is 16.5. The van der Waals surface area contributed by atoms with Gasteiger partial charge in [0.25, 0.3) is 0 Å². The van der Waals surface area contributed by atoms with E-state index in [9.17, 15) is 5.11 Å². The molecule has 1 rings (SSSR count). The van der Waals surface area contributed by atoms with Crippen molar-refractivity contribution in [3.63, 3.8) is 0 Å². The summed E-state index contributed by atoms with van der Waals surface area (Å²) in [5, 5.41) is 12.9. The molecule has 0 amide bonds. The van der Waals surface area contributed by atoms with Crippen LogP contribution in [0.2, 0.25) is 0 Å². The Labute approximate surface area is 117 Å². The molecule has 0 saturated carbocycles. The molecule has 0 heterocycles. The molecule has 0 fully saturated rings. The summed E-state index contributed by atoms with van der Waals surface area (Å²) in [5.41, 5.74) is 2.32. The zero-order valence-corrected chi connectivity index (χ0v) is 12.7. The van der Waals surface area contributed by atoms with Crippen molar-refractivity contribution in [2.45, 2.75) is 46.2 Å². The summed E-state index contributed by atoms with van der Waals surface area (Å²) in [4.78, 5) is 0. The van der Waals surface area contributed by atoms with Crippen LogP contribution in [0.3, 0.4) is 0 Å². The lowest BCUT2D eigenvalue weighted by atomic mass is 10.0. The molecular formula is C16H27NO2. The number of hydrogen-bond donors (Lipinski definition) is 2. The van der Waals surface area contributed by atoms with Gasteiger partial charge in [0, 0.05) is 17.6 Å². The largest absolute Gasteiger partial charge is 0.496 e. The van der Waals surface area contributed by atoms with Crippen molar-refractivity contribution in [3.8, 4) is 5.75 Å². The number of aliphatic hydroxyl groups is 1. The van der Waals surface area contributed by atoms with E-state index in [0.29, 0.717) is 5.92 Å². The van der Waals surface area contributed by atoms with Gasteiger partial charge in [-0.2, -0.15) is 0 Å². The van der Waals surface area contributed by atoms with E-state index in [-0.39, 0.29) is 18.7 Å². The zero-order valence-electron chi connectivity index (χ0n) is 12.7. The normalized spacial score (nSPS) is 14.5. The van der Waals surface area contributed by atoms with Gasteiger partial charge in [0.05, 0.1) is 13.7 Å². The minimum atomic E-state index is 0.126. The molecule has 2 N–H and O–H groups in total. The molecule has 19 heavy (non-hydrogen) atoms. The van der Waals surface area contributed by atoms with E-state index in [0.717, 1.165) is 17.7 Å². The monoisotopic (exact) mass is 265 g/mol. The van der Waals surface area contributed by atoms with Crippen molar-refractivity contribution in [1.29, 1.82) is 0 Å². The van der Waals surface area contributed by atoms with E-state index < -0.39 is 0 Å². The minimum absolute atomic E-state index is 0.126. The summed E-state index contributed by atoms with van der Waals surface area (Å²) in [5.74, 6) is 1.47. The summed E-state index contributed by atoms with van der Waals surface area (Å²) in [7, 11) is 1.70. The van der Waals surface area contributed by atoms with Gasteiger partial charge < -0.3 is 15.2 Å². The molecule has 0 aliphatic carbocycles. The van der Waals surface area contributed by atoms with Crippen LogP contribution in [0, 0.1) is 12.8 Å². The summed E-state index contributed by atoms with van der Waals surface area (Å²) < 4.78 is 5.44. The number of benzene rings is 1. The third-order valence-electron chi connectivity index (χ3n) is 3.32. The van der Waals surface area contributed by atoms with Crippen LogP contribution >= 0.6 is 0 Å². The molecule has 2 atom stereocenters. The third kappa shape index (κ3) is 4.84. The van der Waals surface area contributed by atoms with E-state index in [1.54, 1.807) is 7.11 Å². The molecule has 108 valence electrons. The van der Waals surface area contributed by atoms with Crippen LogP contribution in [0.25, 0.3) is 0 Å². The highest BCUT2D eigenvalue weighted by Gasteiger charge is 2.16. The van der Waals surface area contributed by atoms with Gasteiger partial charge in [-0.3, -0.25) is 0 Å². The standard InChI is InChI=1S/C16H27NO2/c1-11(2)8-14(10-18)17-13(4)15-7-6-12(3)9-16(15)19-5/h6-7,9,11,13-14,17-18H,8,10H2,1-5H3. The Kier molecular flexibility index (Phi) is 6.32. The molecule has 1 aromatic rings. The van der Waals surface area contributed by atoms with Gasteiger partial charge in [-0.15, -0.1) is 0 Å². The first kappa shape index (κ1) is 16.0. The van der Waals surface area contributed by atoms with Crippen molar-refractivity contribution in [1.82, 2.24) is 5.32 Å². The lowest BCUT2D eigenvalue weighted by molar-refractivity contribution is 0.214. The van der Waals surface area contributed by atoms with Gasteiger partial charge in [0.15, 0.2) is 0 Å². The van der Waals surface area contributed by atoms with Crippen molar-refractivity contribution >= 4 is 0 Å². The number of methoxy groups -OCH3 is 1. The second-order valence-electron chi connectivity index (χ2n) is 5.64. The fraction of sp³-hybridized carbons (Fsp3) is 0.625. The van der Waals surface area contributed by atoms with Gasteiger partial charge in [-0.05, 0) is 37.8 Å². The maximum absolute atomic E-state index is 9.45. The molecule has 1 aromatic carbocycles. The number of rotatable bonds is 7. The molecule has 2 unspecified atom stereocenters. The van der Waals surface area contributed by atoms with Crippen LogP contribution in [0.4, 0.5) is 0 Å². The quantitative estimate of drug-likeness (QED) is 0.796. The fourth-order valence-corrected chi connectivity index (χ4v) is 2.38. The Morgan fingerprint density at radius 1 is 1.26 bits per heavy atom. The van der Waals surface area contributed by atoms with Crippen LogP contribution in [-0.4, -0.2) is 24.9 Å². The molecule has 3 heteroatoms. The van der Waals surface area contributed by atoms with E-state index in [4.69, 9.17) is 4.74 Å². The molecule has 0 aromatic heterocycles. The van der Waals surface area contributed by atoms with Crippen molar-refractivity contribution in [3.05, 3.63) is 29.3 Å². The Hall–Kier alpha value is -1.06. The van der Waals surface area contributed by atoms with Gasteiger partial charge in [-0.25, -0.2) is 0 Å². The third-order valence-corrected chi connectivity index (χ3v) is 3.32. The molecule has 0 aliphatic rings. The van der Waals surface area contributed by atoms with Crippen molar-refractivity contribution < 1.29 is 9.84 Å². The second-order valence-corrected chi connectivity index (χ2v) is 5.64. The topological polar surface area (TPSA) is 41.5 Å². The number of aliphatic hydroxyl groups excluding tert-OH is 1. The summed E-state index contributed by atoms with van der Waals surface area (Å²) >= 11 is 0. The smallest absolute Gasteiger partial charge is 0.123 e. The average molecular weight is 265 g/mol. The summed E-state index contributed by atoms with van der Waals surface area (Å²) in [6, 6.07) is 6.51. The molecule has 0 spiro atoms. The number of nitrogens with one attached hydrogen (secondary N) is 1. The first-order valence-corrected chi connectivity index (χ1v) is 6.99. The summed E-state index contributed by atoms with van der Waals surface area (Å²) in [6.07, 6.45) is 0.967. The van der Waals surface area contributed by atoms with E-state index in [1.807, 2.05) is 6.07 Å². The van der Waals surface area contributed by atoms with Crippen LogP contribution in [-0.2, 0) is 0 Å². The Balaban J connectivity index is 2.79. The number of ether oxygens (including phenoxy) is 1. The minimum Gasteiger partial charge on any atom is -0.496 e. The van der Waals surface area contributed by atoms with Crippen molar-refractivity contribution in [2.75, 3.05) is 13.7 Å². The zero-order chi connectivity index (χ0) is 14.4. The Morgan fingerprint density at radius 3 is 2.47 bits per heavy atom. The van der Waals surface area contributed by atoms with E-state index in [1.165, 1.54) is 5.56 Å². The summed E-state index contributed by atoms with van der Waals surface area (Å²) in [6.45, 7) is 8.66. The maximum atomic E-state index is 9.45. The molecule has 0 saturated heterocycles. The van der Waals surface area contributed by atoms with Crippen LogP contribution < -0.4 is 10.1 Å². The Bertz CT molecular complexity index is 390. The van der Waals surface area contributed by atoms with Gasteiger partial charge in [0.2, 0.25) is 0 Å². The predicted molar refractivity (Wildman–Crippen MR) is 79.6 cm³/mol. The predicted octanol–water partition coefficient (Wildman–Crippen LogP) is 3.06. The van der Waals surface area contributed by atoms with Gasteiger partial charge >= 0.3 is 0 Å².